The summed E-state index contributed by atoms with van der Waals surface area (Å²) >= 11 is 0. The monoisotopic (exact) mass is 325 g/mol. The van der Waals surface area contributed by atoms with Gasteiger partial charge in [-0.25, -0.2) is 13.2 Å². The molecular weight excluding hydrogens is 306 g/mol. The van der Waals surface area contributed by atoms with E-state index >= 15 is 0 Å². The number of ether oxygens (including phenoxy) is 1. The van der Waals surface area contributed by atoms with E-state index in [-0.39, 0.29) is 22.4 Å². The molecule has 0 heterocycles. The lowest BCUT2D eigenvalue weighted by Gasteiger charge is -2.27. The van der Waals surface area contributed by atoms with Crippen molar-refractivity contribution in [2.75, 3.05) is 13.4 Å². The van der Waals surface area contributed by atoms with Gasteiger partial charge in [0.05, 0.1) is 12.0 Å². The third kappa shape index (κ3) is 3.47. The van der Waals surface area contributed by atoms with Crippen LogP contribution < -0.4 is 0 Å². The molecule has 1 aliphatic rings. The molecule has 0 N–H and O–H groups in total. The molecule has 7 heteroatoms. The Bertz CT molecular complexity index is 694. The highest BCUT2D eigenvalue weighted by atomic mass is 32.2. The Labute approximate surface area is 130 Å². The predicted molar refractivity (Wildman–Crippen MR) is 80.2 cm³/mol. The van der Waals surface area contributed by atoms with Gasteiger partial charge < -0.3 is 9.64 Å². The molecule has 1 saturated carbocycles. The number of sulfone groups is 1. The van der Waals surface area contributed by atoms with Gasteiger partial charge in [0.15, 0.2) is 9.84 Å². The molecule has 0 spiro atoms. The molecule has 1 aromatic rings. The molecular formula is C15H19NO5S. The predicted octanol–water partition coefficient (Wildman–Crippen LogP) is 1.26. The van der Waals surface area contributed by atoms with Crippen LogP contribution in [0.5, 0.6) is 0 Å². The third-order valence-electron chi connectivity index (χ3n) is 3.64. The number of methoxy groups -OCH3 is 1. The van der Waals surface area contributed by atoms with Crippen LogP contribution in [0.25, 0.3) is 0 Å². The first-order valence-corrected chi connectivity index (χ1v) is 8.85. The lowest BCUT2D eigenvalue weighted by Crippen LogP contribution is -2.45. The summed E-state index contributed by atoms with van der Waals surface area (Å²) in [5, 5.41) is 0. The van der Waals surface area contributed by atoms with Crippen LogP contribution in [0.4, 0.5) is 0 Å². The minimum Gasteiger partial charge on any atom is -0.467 e. The van der Waals surface area contributed by atoms with E-state index in [1.807, 2.05) is 0 Å². The summed E-state index contributed by atoms with van der Waals surface area (Å²) < 4.78 is 27.9. The maximum Gasteiger partial charge on any atom is 0.328 e. The Morgan fingerprint density at radius 2 is 1.95 bits per heavy atom. The Morgan fingerprint density at radius 3 is 2.45 bits per heavy atom. The van der Waals surface area contributed by atoms with E-state index in [9.17, 15) is 18.0 Å². The lowest BCUT2D eigenvalue weighted by atomic mass is 10.1. The van der Waals surface area contributed by atoms with Gasteiger partial charge in [-0.2, -0.15) is 0 Å². The molecule has 0 radical (unpaired) electrons. The normalized spacial score (nSPS) is 16.0. The zero-order valence-electron chi connectivity index (χ0n) is 12.8. The number of carbonyl (C=O) groups is 2. The van der Waals surface area contributed by atoms with Gasteiger partial charge in [-0.05, 0) is 38.0 Å². The topological polar surface area (TPSA) is 80.8 Å². The van der Waals surface area contributed by atoms with E-state index in [4.69, 9.17) is 4.74 Å². The standard InChI is InChI=1S/C15H19NO5S/c1-10(15(18)21-2)16(12-7-8-12)14(17)11-5-4-6-13(9-11)22(3,19)20/h4-6,9-10,12H,7-8H2,1-3H3/t10-/m1/s1. The number of nitrogens with zero attached hydrogens (tertiary/aromatic N) is 1. The van der Waals surface area contributed by atoms with Crippen molar-refractivity contribution < 1.29 is 22.7 Å². The molecule has 0 saturated heterocycles. The minimum atomic E-state index is -3.39. The molecule has 1 fully saturated rings. The fraction of sp³-hybridized carbons (Fsp3) is 0.467. The van der Waals surface area contributed by atoms with Crippen LogP contribution in [0.15, 0.2) is 29.2 Å². The van der Waals surface area contributed by atoms with Crippen LogP contribution >= 0.6 is 0 Å². The third-order valence-corrected chi connectivity index (χ3v) is 4.75. The van der Waals surface area contributed by atoms with Crippen LogP contribution in [0.1, 0.15) is 30.1 Å². The summed E-state index contributed by atoms with van der Waals surface area (Å²) in [6, 6.07) is 5.16. The fourth-order valence-corrected chi connectivity index (χ4v) is 2.97. The zero-order valence-corrected chi connectivity index (χ0v) is 13.6. The molecule has 1 aliphatic carbocycles. The summed E-state index contributed by atoms with van der Waals surface area (Å²) in [5.41, 5.74) is 0.255. The second kappa shape index (κ2) is 6.08. The average Bonchev–Trinajstić information content (AvgIpc) is 3.30. The van der Waals surface area contributed by atoms with Crippen molar-refractivity contribution in [3.8, 4) is 0 Å². The highest BCUT2D eigenvalue weighted by Gasteiger charge is 2.39. The molecule has 0 bridgehead atoms. The van der Waals surface area contributed by atoms with E-state index < -0.39 is 21.8 Å². The Morgan fingerprint density at radius 1 is 1.32 bits per heavy atom. The molecule has 0 aliphatic heterocycles. The van der Waals surface area contributed by atoms with Gasteiger partial charge in [0, 0.05) is 17.9 Å². The van der Waals surface area contributed by atoms with Crippen LogP contribution in [-0.2, 0) is 19.4 Å². The van der Waals surface area contributed by atoms with Crippen molar-refractivity contribution >= 4 is 21.7 Å². The van der Waals surface area contributed by atoms with Gasteiger partial charge in [0.2, 0.25) is 0 Å². The summed E-state index contributed by atoms with van der Waals surface area (Å²) in [5.74, 6) is -0.842. The van der Waals surface area contributed by atoms with Crippen molar-refractivity contribution in [3.63, 3.8) is 0 Å². The molecule has 120 valence electrons. The number of carbonyl (C=O) groups excluding carboxylic acids is 2. The van der Waals surface area contributed by atoms with Crippen molar-refractivity contribution in [3.05, 3.63) is 29.8 Å². The molecule has 1 amide bonds. The molecule has 1 atom stereocenters. The van der Waals surface area contributed by atoms with Gasteiger partial charge >= 0.3 is 5.97 Å². The largest absolute Gasteiger partial charge is 0.467 e. The first-order valence-electron chi connectivity index (χ1n) is 6.96. The van der Waals surface area contributed by atoms with E-state index in [2.05, 4.69) is 0 Å². The first kappa shape index (κ1) is 16.5. The average molecular weight is 325 g/mol. The second-order valence-corrected chi connectivity index (χ2v) is 7.46. The van der Waals surface area contributed by atoms with Crippen LogP contribution in [0.3, 0.4) is 0 Å². The van der Waals surface area contributed by atoms with E-state index in [0.29, 0.717) is 0 Å². The molecule has 0 aromatic heterocycles. The SMILES string of the molecule is COC(=O)[C@@H](C)N(C(=O)c1cccc(S(C)(=O)=O)c1)C1CC1. The molecule has 1 aromatic carbocycles. The lowest BCUT2D eigenvalue weighted by molar-refractivity contribution is -0.145. The first-order chi connectivity index (χ1) is 10.3. The number of rotatable bonds is 5. The van der Waals surface area contributed by atoms with Crippen LogP contribution in [0, 0.1) is 0 Å². The van der Waals surface area contributed by atoms with Gasteiger partial charge in [-0.1, -0.05) is 6.07 Å². The van der Waals surface area contributed by atoms with Crippen molar-refractivity contribution in [2.24, 2.45) is 0 Å². The number of hydrogen-bond donors (Lipinski definition) is 0. The molecule has 22 heavy (non-hydrogen) atoms. The minimum absolute atomic E-state index is 0.00323. The van der Waals surface area contributed by atoms with Crippen LogP contribution in [0.2, 0.25) is 0 Å². The molecule has 6 nitrogen and oxygen atoms in total. The smallest absolute Gasteiger partial charge is 0.328 e. The Hall–Kier alpha value is -1.89. The van der Waals surface area contributed by atoms with Crippen LogP contribution in [-0.4, -0.2) is 50.6 Å². The zero-order chi connectivity index (χ0) is 16.5. The van der Waals surface area contributed by atoms with E-state index in [0.717, 1.165) is 19.1 Å². The van der Waals surface area contributed by atoms with Gasteiger partial charge in [-0.3, -0.25) is 4.79 Å². The van der Waals surface area contributed by atoms with Crippen molar-refractivity contribution in [2.45, 2.75) is 36.7 Å². The quantitative estimate of drug-likeness (QED) is 0.761. The maximum atomic E-state index is 12.7. The Kier molecular flexibility index (Phi) is 4.55. The maximum absolute atomic E-state index is 12.7. The van der Waals surface area contributed by atoms with Gasteiger partial charge in [0.25, 0.3) is 5.91 Å². The number of benzene rings is 1. The highest BCUT2D eigenvalue weighted by Crippen LogP contribution is 2.30. The second-order valence-electron chi connectivity index (χ2n) is 5.44. The van der Waals surface area contributed by atoms with E-state index in [1.165, 1.54) is 30.2 Å². The summed E-state index contributed by atoms with van der Waals surface area (Å²) in [6.07, 6.45) is 2.75. The molecule has 2 rings (SSSR count). The highest BCUT2D eigenvalue weighted by molar-refractivity contribution is 7.90. The summed E-state index contributed by atoms with van der Waals surface area (Å²) in [7, 11) is -2.12. The van der Waals surface area contributed by atoms with E-state index in [1.54, 1.807) is 13.0 Å². The fourth-order valence-electron chi connectivity index (χ4n) is 2.30. The Balaban J connectivity index is 2.34. The number of hydrogen-bond acceptors (Lipinski definition) is 5. The summed E-state index contributed by atoms with van der Waals surface area (Å²) in [6.45, 7) is 1.61. The van der Waals surface area contributed by atoms with Crippen molar-refractivity contribution in [1.29, 1.82) is 0 Å². The van der Waals surface area contributed by atoms with Crippen molar-refractivity contribution in [1.82, 2.24) is 4.90 Å². The molecule has 0 unspecified atom stereocenters. The number of amides is 1. The number of esters is 1. The summed E-state index contributed by atoms with van der Waals surface area (Å²) in [4.78, 5) is 26.0. The van der Waals surface area contributed by atoms with Gasteiger partial charge in [-0.15, -0.1) is 0 Å². The van der Waals surface area contributed by atoms with Gasteiger partial charge in [0.1, 0.15) is 6.04 Å².